The third kappa shape index (κ3) is 22.0. The molecule has 1 unspecified atom stereocenters. The molecular formula is C89H116N20O22S4. The van der Waals surface area contributed by atoms with Gasteiger partial charge in [-0.05, 0) is 250 Å². The number of hydrogen-bond acceptors (Lipinski definition) is 26. The normalized spacial score (nSPS) is 15.5. The van der Waals surface area contributed by atoms with Crippen LogP contribution >= 0.6 is 0 Å². The number of anilines is 4. The molecule has 12 amide bonds. The van der Waals surface area contributed by atoms with Gasteiger partial charge >= 0.3 is 24.1 Å². The minimum Gasteiger partial charge on any atom is -0.396 e. The zero-order valence-corrected chi connectivity index (χ0v) is 79.9. The highest BCUT2D eigenvalue weighted by Gasteiger charge is 2.38. The number of aliphatic hydroxyl groups excluding tert-OH is 4. The number of hydrogen-bond donors (Lipinski definition) is 12. The molecule has 42 nitrogen and oxygen atoms in total. The summed E-state index contributed by atoms with van der Waals surface area (Å²) in [5.41, 5.74) is 21.6. The van der Waals surface area contributed by atoms with Gasteiger partial charge in [0.15, 0.2) is 20.1 Å². The van der Waals surface area contributed by atoms with Crippen molar-refractivity contribution in [1.82, 2.24) is 77.6 Å². The molecule has 135 heavy (non-hydrogen) atoms. The number of nitrogens with zero attached hydrogens (tertiary/aromatic N) is 12. The van der Waals surface area contributed by atoms with E-state index in [4.69, 9.17) is 19.7 Å². The number of aryl methyl sites for hydroxylation is 12. The number of amides is 12. The predicted octanol–water partition coefficient (Wildman–Crippen LogP) is 4.06. The fourth-order valence-electron chi connectivity index (χ4n) is 19.1. The molecule has 12 N–H and O–H groups in total. The number of carbonyl (C=O) groups excluding carboxylic acids is 8. The quantitative estimate of drug-likeness (QED) is 0.0329. The maximum atomic E-state index is 12.9. The monoisotopic (exact) mass is 1940 g/mol. The number of aromatic nitrogens is 8. The summed E-state index contributed by atoms with van der Waals surface area (Å²) in [5, 5.41) is 61.9. The molecule has 8 aromatic rings. The highest BCUT2D eigenvalue weighted by molar-refractivity contribution is 7.90. The lowest BCUT2D eigenvalue weighted by Gasteiger charge is -2.34. The van der Waals surface area contributed by atoms with E-state index in [2.05, 4.69) is 70.6 Å². The van der Waals surface area contributed by atoms with Crippen LogP contribution in [0.4, 0.5) is 41.9 Å². The summed E-state index contributed by atoms with van der Waals surface area (Å²) in [6.45, 7) is 0.752. The van der Waals surface area contributed by atoms with Gasteiger partial charge in [0, 0.05) is 136 Å². The molecule has 17 rings (SSSR count). The smallest absolute Gasteiger partial charge is 0.333 e. The summed E-state index contributed by atoms with van der Waals surface area (Å²) in [6, 6.07) is 9.97. The molecule has 1 saturated heterocycles. The van der Waals surface area contributed by atoms with Crippen molar-refractivity contribution in [2.24, 2.45) is 28.2 Å². The van der Waals surface area contributed by atoms with E-state index in [0.717, 1.165) is 254 Å². The standard InChI is InChI=1S/C23H31N5O6S.C22H29N5O6S.C22H27N5O5S.C22H29N5O5S/c1-27-19(22(30)28(9-11-29)10-12-34-2)14-20(25-27)35(32,33)26-23(31)24-21-17-7-3-5-15(17)13-16-6-4-8-18(16)21;1-26(11-15(29)12-28)21(30)18-10-19(24-27(18)2)34(32,33)25-22(31)23-20-16-7-3-5-13(16)9-14-6-4-8-17(14)20;1-26(15-11-32-12-15)21(28)18-10-19(24-27(18)2)33(30,31)25-22(29)23-20-16-7-3-5-13(16)9-14-6-4-8-17(14)20;1-26(10-5-11-28)21(29)18-13-19(24-27(18)2)33(31,32)25-22(30)23-20-16-8-3-6-14(16)12-15-7-4-9-17(15)20/h13-14,29H,3-12H2,1-2H3,(H2,24,26,31);9-10,15,28-29H,3-8,11-12H2,1-2H3,(H2,23,25,31);9-10,15H,3-8,11-12H2,1-2H3,(H2,23,25,29);12-13,28H,3-11H2,1-2H3,(H2,23,25,30). The molecule has 46 heteroatoms. The lowest BCUT2D eigenvalue weighted by molar-refractivity contribution is -0.0470. The summed E-state index contributed by atoms with van der Waals surface area (Å²) in [4.78, 5) is 107. The summed E-state index contributed by atoms with van der Waals surface area (Å²) in [7, 11) is -5.36. The summed E-state index contributed by atoms with van der Waals surface area (Å²) < 4.78 is 126. The van der Waals surface area contributed by atoms with Crippen molar-refractivity contribution in [1.29, 1.82) is 0 Å². The number of methoxy groups -OCH3 is 1. The Balaban J connectivity index is 0.000000144. The second kappa shape index (κ2) is 41.8. The van der Waals surface area contributed by atoms with Crippen LogP contribution in [0, 0.1) is 0 Å². The number of benzene rings is 4. The topological polar surface area (TPSA) is 553 Å². The summed E-state index contributed by atoms with van der Waals surface area (Å²) in [6.07, 6.45) is 21.9. The van der Waals surface area contributed by atoms with Gasteiger partial charge in [-0.3, -0.25) is 37.9 Å². The molecule has 9 aliphatic rings. The Morgan fingerprint density at radius 1 is 0.393 bits per heavy atom. The molecule has 1 aliphatic heterocycles. The molecule has 4 aromatic carbocycles. The average Bonchev–Trinajstić information content (AvgIpc) is 1.64. The number of carbonyl (C=O) groups is 8. The van der Waals surface area contributed by atoms with Crippen molar-refractivity contribution in [2.45, 2.75) is 193 Å². The Morgan fingerprint density at radius 3 is 0.919 bits per heavy atom. The van der Waals surface area contributed by atoms with Gasteiger partial charge in [0.1, 0.15) is 22.8 Å². The first-order valence-electron chi connectivity index (χ1n) is 45.1. The van der Waals surface area contributed by atoms with E-state index in [9.17, 15) is 82.2 Å². The van der Waals surface area contributed by atoms with Crippen LogP contribution in [0.25, 0.3) is 0 Å². The van der Waals surface area contributed by atoms with E-state index < -0.39 is 110 Å². The van der Waals surface area contributed by atoms with E-state index in [1.807, 2.05) is 14.2 Å². The van der Waals surface area contributed by atoms with Crippen molar-refractivity contribution >= 4 is 111 Å². The minimum atomic E-state index is -4.35. The van der Waals surface area contributed by atoms with Crippen molar-refractivity contribution in [3.05, 3.63) is 160 Å². The molecule has 1 fully saturated rings. The second-order valence-electron chi connectivity index (χ2n) is 35.1. The van der Waals surface area contributed by atoms with Gasteiger partial charge in [-0.15, -0.1) is 0 Å². The highest BCUT2D eigenvalue weighted by Crippen LogP contribution is 2.43. The van der Waals surface area contributed by atoms with E-state index in [1.165, 1.54) is 117 Å². The molecule has 5 heterocycles. The highest BCUT2D eigenvalue weighted by atomic mass is 32.2. The summed E-state index contributed by atoms with van der Waals surface area (Å²) in [5.74, 6) is -1.89. The van der Waals surface area contributed by atoms with Crippen LogP contribution in [0.1, 0.15) is 189 Å². The predicted molar refractivity (Wildman–Crippen MR) is 492 cm³/mol. The van der Waals surface area contributed by atoms with Crippen LogP contribution < -0.4 is 40.2 Å². The van der Waals surface area contributed by atoms with Gasteiger partial charge in [0.25, 0.3) is 63.7 Å². The molecule has 1 atom stereocenters. The van der Waals surface area contributed by atoms with Crippen LogP contribution in [0.5, 0.6) is 0 Å². The third-order valence-corrected chi connectivity index (χ3v) is 30.7. The van der Waals surface area contributed by atoms with E-state index in [-0.39, 0.29) is 79.2 Å². The second-order valence-corrected chi connectivity index (χ2v) is 41.6. The number of aliphatic hydroxyl groups is 4. The SMILES string of the molecule is CN(C(=O)c1cc(S(=O)(=O)NC(=O)Nc2c3c(cc4c2CCC4)CCC3)nn1C)C1COC1.CN(CC(O)CO)C(=O)c1cc(S(=O)(=O)NC(=O)Nc2c3c(cc4c2CCC4)CCC3)nn1C.CN(CCCO)C(=O)c1cc(S(=O)(=O)NC(=O)Nc2c3c(cc4c2CCC4)CCC3)nn1C.COCCN(CCO)C(=O)c1cc(S(=O)(=O)NC(=O)Nc2c3c(cc4c2CCC4)CCC3)nn1C. The van der Waals surface area contributed by atoms with Gasteiger partial charge < -0.3 is 70.8 Å². The molecule has 0 bridgehead atoms. The van der Waals surface area contributed by atoms with Gasteiger partial charge in [-0.1, -0.05) is 24.3 Å². The van der Waals surface area contributed by atoms with Gasteiger partial charge in [-0.2, -0.15) is 54.1 Å². The number of likely N-dealkylation sites (N-methyl/N-ethyl adjacent to an activating group) is 2. The van der Waals surface area contributed by atoms with Crippen molar-refractivity contribution in [3.8, 4) is 0 Å². The maximum Gasteiger partial charge on any atom is 0.333 e. The number of fused-ring (bicyclic) bond motifs is 8. The molecule has 0 saturated carbocycles. The first kappa shape index (κ1) is 99.2. The van der Waals surface area contributed by atoms with Crippen LogP contribution in [0.2, 0.25) is 0 Å². The number of rotatable bonds is 28. The fraction of sp³-hybridized carbons (Fsp3) is 0.506. The third-order valence-electron chi connectivity index (χ3n) is 25.9. The Hall–Kier alpha value is -11.8. The first-order chi connectivity index (χ1) is 64.3. The maximum absolute atomic E-state index is 12.9. The largest absolute Gasteiger partial charge is 0.396 e. The van der Waals surface area contributed by atoms with E-state index >= 15 is 0 Å². The molecule has 8 aliphatic carbocycles. The number of ether oxygens (including phenoxy) is 2. The van der Waals surface area contributed by atoms with Crippen LogP contribution in [0.15, 0.2) is 68.6 Å². The zero-order valence-electron chi connectivity index (χ0n) is 76.7. The lowest BCUT2D eigenvalue weighted by atomic mass is 9.99. The Morgan fingerprint density at radius 2 is 0.667 bits per heavy atom. The van der Waals surface area contributed by atoms with Crippen LogP contribution in [-0.4, -0.2) is 267 Å². The molecule has 728 valence electrons. The molecule has 4 aromatic heterocycles. The van der Waals surface area contributed by atoms with Crippen molar-refractivity contribution in [2.75, 3.05) is 115 Å². The van der Waals surface area contributed by atoms with E-state index in [1.54, 1.807) is 14.1 Å². The Labute approximate surface area is 782 Å². The number of urea groups is 4. The fourth-order valence-corrected chi connectivity index (χ4v) is 22.6. The molecule has 0 radical (unpaired) electrons. The first-order valence-corrected chi connectivity index (χ1v) is 51.1. The number of sulfonamides is 4. The lowest BCUT2D eigenvalue weighted by Crippen LogP contribution is -2.49. The average molecular weight is 1950 g/mol. The Kier molecular flexibility index (Phi) is 30.7. The van der Waals surface area contributed by atoms with Crippen molar-refractivity contribution < 1.29 is 102 Å². The zero-order chi connectivity index (χ0) is 96.9. The number of nitrogens with one attached hydrogen (secondary N) is 8. The van der Waals surface area contributed by atoms with E-state index in [0.29, 0.717) is 26.2 Å². The summed E-state index contributed by atoms with van der Waals surface area (Å²) >= 11 is 0. The molecular weight excluding hydrogens is 1830 g/mol. The van der Waals surface area contributed by atoms with Crippen LogP contribution in [0.3, 0.4) is 0 Å². The molecule has 0 spiro atoms. The van der Waals surface area contributed by atoms with Crippen molar-refractivity contribution in [3.63, 3.8) is 0 Å². The minimum absolute atomic E-state index is 0.00837. The van der Waals surface area contributed by atoms with Crippen LogP contribution in [-0.2, 0) is 180 Å². The van der Waals surface area contributed by atoms with Gasteiger partial charge in [0.05, 0.1) is 45.2 Å². The van der Waals surface area contributed by atoms with Gasteiger partial charge in [-0.25, -0.2) is 38.1 Å². The Bertz CT molecular complexity index is 6330. The van der Waals surface area contributed by atoms with Gasteiger partial charge in [0.2, 0.25) is 0 Å².